The summed E-state index contributed by atoms with van der Waals surface area (Å²) in [5.74, 6) is -0.421. The molecule has 0 spiro atoms. The Kier molecular flexibility index (Phi) is 3.65. The Morgan fingerprint density at radius 1 is 1.07 bits per heavy atom. The molecule has 0 unspecified atom stereocenters. The van der Waals surface area contributed by atoms with Crippen LogP contribution in [-0.2, 0) is 17.7 Å². The first kappa shape index (κ1) is 16.5. The lowest BCUT2D eigenvalue weighted by Crippen LogP contribution is -2.35. The number of H-pyrrole nitrogens is 2. The molecule has 3 heterocycles. The summed E-state index contributed by atoms with van der Waals surface area (Å²) in [7, 11) is 1.37. The molecule has 0 radical (unpaired) electrons. The summed E-state index contributed by atoms with van der Waals surface area (Å²) < 4.78 is 4.82. The highest BCUT2D eigenvalue weighted by atomic mass is 16.5. The lowest BCUT2D eigenvalue weighted by molar-refractivity contribution is 0.0600. The highest BCUT2D eigenvalue weighted by Gasteiger charge is 2.25. The molecule has 28 heavy (non-hydrogen) atoms. The van der Waals surface area contributed by atoms with E-state index in [0.717, 1.165) is 34.1 Å². The topological polar surface area (TPSA) is 104 Å². The molecule has 0 atom stereocenters. The summed E-state index contributed by atoms with van der Waals surface area (Å²) in [5.41, 5.74) is 5.58. The van der Waals surface area contributed by atoms with Crippen molar-refractivity contribution in [3.63, 3.8) is 0 Å². The Morgan fingerprint density at radius 3 is 2.75 bits per heavy atom. The van der Waals surface area contributed by atoms with Gasteiger partial charge < -0.3 is 14.6 Å². The van der Waals surface area contributed by atoms with E-state index in [0.29, 0.717) is 29.7 Å². The van der Waals surface area contributed by atoms with Crippen molar-refractivity contribution in [2.24, 2.45) is 0 Å². The summed E-state index contributed by atoms with van der Waals surface area (Å²) >= 11 is 0. The van der Waals surface area contributed by atoms with E-state index in [-0.39, 0.29) is 11.9 Å². The van der Waals surface area contributed by atoms with E-state index < -0.39 is 0 Å². The first-order valence-electron chi connectivity index (χ1n) is 8.95. The van der Waals surface area contributed by atoms with Crippen molar-refractivity contribution < 1.29 is 14.3 Å². The Bertz CT molecular complexity index is 1240. The van der Waals surface area contributed by atoms with E-state index in [9.17, 15) is 9.59 Å². The number of hydrogen-bond donors (Lipinski definition) is 2. The van der Waals surface area contributed by atoms with Crippen LogP contribution in [0.3, 0.4) is 0 Å². The summed E-state index contributed by atoms with van der Waals surface area (Å²) in [6.07, 6.45) is 0.732. The zero-order valence-corrected chi connectivity index (χ0v) is 15.2. The number of esters is 1. The normalized spacial score (nSPS) is 13.7. The van der Waals surface area contributed by atoms with Crippen LogP contribution in [0.15, 0.2) is 36.4 Å². The number of rotatable bonds is 2. The number of nitrogens with one attached hydrogen (secondary N) is 2. The number of aromatic nitrogens is 4. The number of ether oxygens (including phenoxy) is 1. The van der Waals surface area contributed by atoms with Gasteiger partial charge in [-0.3, -0.25) is 4.79 Å². The smallest absolute Gasteiger partial charge is 0.337 e. The SMILES string of the molecule is COC(=O)c1ccc2[nH]c3c(c2c1)CN(C(=O)c1ccc2n[nH]nc2c1)CC3. The van der Waals surface area contributed by atoms with Gasteiger partial charge in [0, 0.05) is 47.2 Å². The van der Waals surface area contributed by atoms with Crippen molar-refractivity contribution in [1.82, 2.24) is 25.3 Å². The van der Waals surface area contributed by atoms with Crippen molar-refractivity contribution in [3.05, 3.63) is 58.8 Å². The first-order valence-corrected chi connectivity index (χ1v) is 8.95. The fourth-order valence-corrected chi connectivity index (χ4v) is 3.79. The highest BCUT2D eigenvalue weighted by Crippen LogP contribution is 2.29. The second-order valence-electron chi connectivity index (χ2n) is 6.84. The predicted molar refractivity (Wildman–Crippen MR) is 102 cm³/mol. The van der Waals surface area contributed by atoms with Gasteiger partial charge in [0.2, 0.25) is 0 Å². The fraction of sp³-hybridized carbons (Fsp3) is 0.200. The van der Waals surface area contributed by atoms with Crippen molar-refractivity contribution in [2.75, 3.05) is 13.7 Å². The summed E-state index contributed by atoms with van der Waals surface area (Å²) in [4.78, 5) is 30.1. The number of hydrogen-bond acceptors (Lipinski definition) is 5. The van der Waals surface area contributed by atoms with Crippen LogP contribution in [0.2, 0.25) is 0 Å². The van der Waals surface area contributed by atoms with Crippen LogP contribution >= 0.6 is 0 Å². The maximum absolute atomic E-state index is 13.0. The molecule has 0 aliphatic carbocycles. The average molecular weight is 375 g/mol. The maximum Gasteiger partial charge on any atom is 0.337 e. The molecule has 0 fully saturated rings. The number of benzene rings is 2. The van der Waals surface area contributed by atoms with Crippen LogP contribution in [0.25, 0.3) is 21.9 Å². The lowest BCUT2D eigenvalue weighted by Gasteiger charge is -2.27. The lowest BCUT2D eigenvalue weighted by atomic mass is 10.0. The molecule has 2 aromatic heterocycles. The molecule has 8 heteroatoms. The minimum atomic E-state index is -0.374. The van der Waals surface area contributed by atoms with E-state index in [4.69, 9.17) is 4.74 Å². The van der Waals surface area contributed by atoms with Crippen molar-refractivity contribution in [3.8, 4) is 0 Å². The van der Waals surface area contributed by atoms with E-state index in [1.807, 2.05) is 17.0 Å². The fourth-order valence-electron chi connectivity index (χ4n) is 3.79. The van der Waals surface area contributed by atoms with Crippen LogP contribution in [0.4, 0.5) is 0 Å². The minimum Gasteiger partial charge on any atom is -0.465 e. The molecule has 8 nitrogen and oxygen atoms in total. The standard InChI is InChI=1S/C20H17N5O3/c1-28-20(27)12-3-4-15-13(8-12)14-10-25(7-6-16(14)21-15)19(26)11-2-5-17-18(9-11)23-24-22-17/h2-5,8-9,21H,6-7,10H2,1H3,(H,22,23,24). The third-order valence-electron chi connectivity index (χ3n) is 5.25. The molecule has 4 aromatic rings. The van der Waals surface area contributed by atoms with E-state index >= 15 is 0 Å². The van der Waals surface area contributed by atoms with E-state index in [1.54, 1.807) is 24.3 Å². The number of methoxy groups -OCH3 is 1. The molecule has 5 rings (SSSR count). The Hall–Kier alpha value is -3.68. The van der Waals surface area contributed by atoms with Crippen molar-refractivity contribution >= 4 is 33.8 Å². The van der Waals surface area contributed by atoms with Gasteiger partial charge in [-0.15, -0.1) is 0 Å². The molecule has 1 aliphatic heterocycles. The summed E-state index contributed by atoms with van der Waals surface area (Å²) in [6, 6.07) is 10.8. The first-order chi connectivity index (χ1) is 13.6. The van der Waals surface area contributed by atoms with Gasteiger partial charge in [-0.2, -0.15) is 15.4 Å². The summed E-state index contributed by atoms with van der Waals surface area (Å²) in [6.45, 7) is 1.11. The number of nitrogens with zero attached hydrogens (tertiary/aromatic N) is 3. The second kappa shape index (κ2) is 6.19. The molecule has 1 aliphatic rings. The number of amides is 1. The molecule has 2 aromatic carbocycles. The third-order valence-corrected chi connectivity index (χ3v) is 5.25. The van der Waals surface area contributed by atoms with Gasteiger partial charge in [-0.05, 0) is 36.4 Å². The van der Waals surface area contributed by atoms with Gasteiger partial charge in [0.05, 0.1) is 12.7 Å². The monoisotopic (exact) mass is 375 g/mol. The average Bonchev–Trinajstić information content (AvgIpc) is 3.35. The Labute approximate surface area is 159 Å². The van der Waals surface area contributed by atoms with E-state index in [1.165, 1.54) is 7.11 Å². The van der Waals surface area contributed by atoms with Crippen LogP contribution in [0.5, 0.6) is 0 Å². The Morgan fingerprint density at radius 2 is 1.89 bits per heavy atom. The minimum absolute atomic E-state index is 0.0472. The second-order valence-corrected chi connectivity index (χ2v) is 6.84. The van der Waals surface area contributed by atoms with Crippen LogP contribution < -0.4 is 0 Å². The number of fused-ring (bicyclic) bond motifs is 4. The van der Waals surface area contributed by atoms with Gasteiger partial charge in [0.25, 0.3) is 5.91 Å². The third kappa shape index (κ3) is 2.53. The van der Waals surface area contributed by atoms with Gasteiger partial charge in [-0.1, -0.05) is 0 Å². The van der Waals surface area contributed by atoms with Gasteiger partial charge >= 0.3 is 5.97 Å². The molecular weight excluding hydrogens is 358 g/mol. The molecule has 0 saturated carbocycles. The van der Waals surface area contributed by atoms with Crippen molar-refractivity contribution in [2.45, 2.75) is 13.0 Å². The van der Waals surface area contributed by atoms with Gasteiger partial charge in [-0.25, -0.2) is 4.79 Å². The highest BCUT2D eigenvalue weighted by molar-refractivity contribution is 5.99. The van der Waals surface area contributed by atoms with E-state index in [2.05, 4.69) is 20.4 Å². The van der Waals surface area contributed by atoms with Crippen LogP contribution in [0, 0.1) is 0 Å². The number of carbonyl (C=O) groups excluding carboxylic acids is 2. The molecule has 140 valence electrons. The van der Waals surface area contributed by atoms with Gasteiger partial charge in [0.1, 0.15) is 11.0 Å². The number of carbonyl (C=O) groups is 2. The zero-order chi connectivity index (χ0) is 19.3. The zero-order valence-electron chi connectivity index (χ0n) is 15.2. The predicted octanol–water partition coefficient (Wildman–Crippen LogP) is 2.42. The number of aromatic amines is 2. The molecule has 2 N–H and O–H groups in total. The van der Waals surface area contributed by atoms with Crippen molar-refractivity contribution in [1.29, 1.82) is 0 Å². The molecule has 1 amide bonds. The largest absolute Gasteiger partial charge is 0.465 e. The Balaban J connectivity index is 1.49. The maximum atomic E-state index is 13.0. The van der Waals surface area contributed by atoms with Crippen LogP contribution in [-0.4, -0.2) is 50.8 Å². The van der Waals surface area contributed by atoms with Crippen LogP contribution in [0.1, 0.15) is 32.0 Å². The molecular formula is C20H17N5O3. The van der Waals surface area contributed by atoms with Gasteiger partial charge in [0.15, 0.2) is 0 Å². The summed E-state index contributed by atoms with van der Waals surface area (Å²) in [5, 5.41) is 11.6. The molecule has 0 saturated heterocycles. The quantitative estimate of drug-likeness (QED) is 0.524. The molecule has 0 bridgehead atoms.